The van der Waals surface area contributed by atoms with Crippen LogP contribution in [0.3, 0.4) is 0 Å². The largest absolute Gasteiger partial charge is 0.497 e. The van der Waals surface area contributed by atoms with E-state index in [9.17, 15) is 4.79 Å². The van der Waals surface area contributed by atoms with Crippen LogP contribution in [0.25, 0.3) is 0 Å². The Morgan fingerprint density at radius 3 is 2.50 bits per heavy atom. The van der Waals surface area contributed by atoms with E-state index in [1.165, 1.54) is 0 Å². The second-order valence-electron chi connectivity index (χ2n) is 6.58. The summed E-state index contributed by atoms with van der Waals surface area (Å²) in [6, 6.07) is 17.8. The summed E-state index contributed by atoms with van der Waals surface area (Å²) in [4.78, 5) is 14.9. The van der Waals surface area contributed by atoms with Gasteiger partial charge < -0.3 is 19.7 Å². The third kappa shape index (κ3) is 4.35. The number of carbonyl (C=O) groups is 1. The van der Waals surface area contributed by atoms with Gasteiger partial charge in [-0.2, -0.15) is 0 Å². The summed E-state index contributed by atoms with van der Waals surface area (Å²) in [6.07, 6.45) is 0.836. The van der Waals surface area contributed by atoms with E-state index >= 15 is 0 Å². The minimum Gasteiger partial charge on any atom is -0.497 e. The zero-order valence-electron chi connectivity index (χ0n) is 15.4. The first-order valence-electron chi connectivity index (χ1n) is 8.93. The number of hydrogen-bond acceptors (Lipinski definition) is 4. The lowest BCUT2D eigenvalue weighted by molar-refractivity contribution is -0.132. The highest BCUT2D eigenvalue weighted by Gasteiger charge is 2.37. The molecular formula is C21H26N2O3. The molecule has 1 aliphatic heterocycles. The van der Waals surface area contributed by atoms with E-state index in [2.05, 4.69) is 5.32 Å². The summed E-state index contributed by atoms with van der Waals surface area (Å²) in [7, 11) is 3.33. The Labute approximate surface area is 154 Å². The molecule has 1 fully saturated rings. The highest BCUT2D eigenvalue weighted by atomic mass is 16.5. The average molecular weight is 354 g/mol. The van der Waals surface area contributed by atoms with Crippen LogP contribution in [-0.2, 0) is 16.1 Å². The fraction of sp³-hybridized carbons (Fsp3) is 0.381. The molecule has 2 aromatic rings. The first-order chi connectivity index (χ1) is 12.7. The lowest BCUT2D eigenvalue weighted by Crippen LogP contribution is -2.39. The minimum atomic E-state index is -0.0756. The fourth-order valence-electron chi connectivity index (χ4n) is 3.43. The average Bonchev–Trinajstić information content (AvgIpc) is 3.03. The molecule has 2 aromatic carbocycles. The van der Waals surface area contributed by atoms with Gasteiger partial charge in [-0.3, -0.25) is 4.79 Å². The van der Waals surface area contributed by atoms with Crippen molar-refractivity contribution in [2.24, 2.45) is 5.92 Å². The van der Waals surface area contributed by atoms with E-state index in [1.54, 1.807) is 14.2 Å². The Morgan fingerprint density at radius 2 is 1.85 bits per heavy atom. The number of likely N-dealkylation sites (tertiary alicyclic amines) is 1. The van der Waals surface area contributed by atoms with E-state index in [-0.39, 0.29) is 17.9 Å². The topological polar surface area (TPSA) is 50.8 Å². The number of carbonyl (C=O) groups excluding carboxylic acids is 1. The van der Waals surface area contributed by atoms with Gasteiger partial charge in [-0.25, -0.2) is 0 Å². The molecule has 1 saturated heterocycles. The zero-order valence-corrected chi connectivity index (χ0v) is 15.4. The number of nitrogens with zero attached hydrogens (tertiary/aromatic N) is 1. The molecule has 1 amide bonds. The molecule has 0 bridgehead atoms. The predicted octanol–water partition coefficient (Wildman–Crippen LogP) is 3.17. The summed E-state index contributed by atoms with van der Waals surface area (Å²) in [6.45, 7) is 1.90. The maximum Gasteiger partial charge on any atom is 0.228 e. The third-order valence-electron chi connectivity index (χ3n) is 4.83. The van der Waals surface area contributed by atoms with E-state index < -0.39 is 0 Å². The number of benzene rings is 2. The lowest BCUT2D eigenvalue weighted by Gasteiger charge is -2.25. The first-order valence-corrected chi connectivity index (χ1v) is 8.93. The molecule has 2 atom stereocenters. The van der Waals surface area contributed by atoms with Crippen LogP contribution in [0.5, 0.6) is 5.75 Å². The van der Waals surface area contributed by atoms with E-state index in [0.29, 0.717) is 13.2 Å². The molecule has 138 valence electrons. The van der Waals surface area contributed by atoms with Crippen molar-refractivity contribution < 1.29 is 14.3 Å². The Kier molecular flexibility index (Phi) is 6.12. The summed E-state index contributed by atoms with van der Waals surface area (Å²) in [5, 5.41) is 3.46. The molecule has 0 saturated carbocycles. The van der Waals surface area contributed by atoms with Crippen LogP contribution in [0.4, 0.5) is 5.69 Å². The van der Waals surface area contributed by atoms with Gasteiger partial charge in [0.25, 0.3) is 0 Å². The van der Waals surface area contributed by atoms with Gasteiger partial charge in [0.05, 0.1) is 25.7 Å². The zero-order chi connectivity index (χ0) is 18.4. The van der Waals surface area contributed by atoms with E-state index in [0.717, 1.165) is 30.0 Å². The molecule has 5 heteroatoms. The molecule has 1 aliphatic rings. The Hall–Kier alpha value is -2.53. The molecule has 0 aliphatic carbocycles. The summed E-state index contributed by atoms with van der Waals surface area (Å²) < 4.78 is 10.6. The highest BCUT2D eigenvalue weighted by Crippen LogP contribution is 2.26. The minimum absolute atomic E-state index is 0.0317. The summed E-state index contributed by atoms with van der Waals surface area (Å²) in [5.74, 6) is 0.936. The summed E-state index contributed by atoms with van der Waals surface area (Å²) in [5.41, 5.74) is 2.12. The maximum atomic E-state index is 12.9. The third-order valence-corrected chi connectivity index (χ3v) is 4.83. The van der Waals surface area contributed by atoms with Gasteiger partial charge in [0.15, 0.2) is 0 Å². The van der Waals surface area contributed by atoms with Crippen LogP contribution < -0.4 is 10.1 Å². The van der Waals surface area contributed by atoms with Crippen molar-refractivity contribution >= 4 is 11.6 Å². The fourth-order valence-corrected chi connectivity index (χ4v) is 3.43. The number of hydrogen-bond donors (Lipinski definition) is 1. The van der Waals surface area contributed by atoms with Crippen molar-refractivity contribution in [1.82, 2.24) is 4.90 Å². The van der Waals surface area contributed by atoms with Crippen molar-refractivity contribution in [1.29, 1.82) is 0 Å². The molecule has 3 rings (SSSR count). The molecule has 0 unspecified atom stereocenters. The van der Waals surface area contributed by atoms with Crippen LogP contribution in [0.15, 0.2) is 54.6 Å². The Balaban J connectivity index is 1.65. The van der Waals surface area contributed by atoms with Gasteiger partial charge in [0, 0.05) is 25.9 Å². The van der Waals surface area contributed by atoms with Gasteiger partial charge in [-0.1, -0.05) is 30.3 Å². The lowest BCUT2D eigenvalue weighted by atomic mass is 9.98. The maximum absolute atomic E-state index is 12.9. The monoisotopic (exact) mass is 354 g/mol. The van der Waals surface area contributed by atoms with Crippen LogP contribution in [0.1, 0.15) is 12.0 Å². The SMILES string of the molecule is COC[C@@H](Nc1ccccc1)[C@H]1CCN(Cc2ccc(OC)cc2)C1=O. The molecule has 26 heavy (non-hydrogen) atoms. The number of anilines is 1. The normalized spacial score (nSPS) is 18.0. The van der Waals surface area contributed by atoms with Gasteiger partial charge in [-0.15, -0.1) is 0 Å². The van der Waals surface area contributed by atoms with Crippen molar-refractivity contribution in [3.63, 3.8) is 0 Å². The van der Waals surface area contributed by atoms with Gasteiger partial charge in [0.1, 0.15) is 5.75 Å². The highest BCUT2D eigenvalue weighted by molar-refractivity contribution is 5.82. The van der Waals surface area contributed by atoms with Crippen molar-refractivity contribution in [3.8, 4) is 5.75 Å². The van der Waals surface area contributed by atoms with Gasteiger partial charge in [0.2, 0.25) is 5.91 Å². The molecule has 5 nitrogen and oxygen atoms in total. The van der Waals surface area contributed by atoms with Crippen LogP contribution >= 0.6 is 0 Å². The molecule has 1 N–H and O–H groups in total. The molecule has 0 radical (unpaired) electrons. The van der Waals surface area contributed by atoms with Gasteiger partial charge in [-0.05, 0) is 36.2 Å². The number of para-hydroxylation sites is 1. The predicted molar refractivity (Wildman–Crippen MR) is 102 cm³/mol. The Morgan fingerprint density at radius 1 is 1.12 bits per heavy atom. The van der Waals surface area contributed by atoms with Crippen LogP contribution in [-0.4, -0.2) is 44.2 Å². The van der Waals surface area contributed by atoms with Gasteiger partial charge >= 0.3 is 0 Å². The number of methoxy groups -OCH3 is 2. The molecule has 0 spiro atoms. The second-order valence-corrected chi connectivity index (χ2v) is 6.58. The quantitative estimate of drug-likeness (QED) is 0.791. The van der Waals surface area contributed by atoms with Crippen molar-refractivity contribution in [2.75, 3.05) is 32.7 Å². The standard InChI is InChI=1S/C21H26N2O3/c1-25-15-20(22-17-6-4-3-5-7-17)19-12-13-23(21(19)24)14-16-8-10-18(26-2)11-9-16/h3-11,19-20,22H,12-15H2,1-2H3/t19-,20-/m1/s1. The molecular weight excluding hydrogens is 328 g/mol. The van der Waals surface area contributed by atoms with E-state index in [4.69, 9.17) is 9.47 Å². The number of rotatable bonds is 8. The smallest absolute Gasteiger partial charge is 0.228 e. The van der Waals surface area contributed by atoms with Crippen LogP contribution in [0, 0.1) is 5.92 Å². The number of nitrogens with one attached hydrogen (secondary N) is 1. The van der Waals surface area contributed by atoms with Crippen molar-refractivity contribution in [3.05, 3.63) is 60.2 Å². The van der Waals surface area contributed by atoms with Crippen LogP contribution in [0.2, 0.25) is 0 Å². The Bertz CT molecular complexity index is 703. The molecule has 0 aromatic heterocycles. The second kappa shape index (κ2) is 8.72. The number of amides is 1. The number of ether oxygens (including phenoxy) is 2. The molecule has 1 heterocycles. The van der Waals surface area contributed by atoms with E-state index in [1.807, 2.05) is 59.5 Å². The first kappa shape index (κ1) is 18.3. The van der Waals surface area contributed by atoms with Crippen molar-refractivity contribution in [2.45, 2.75) is 19.0 Å². The summed E-state index contributed by atoms with van der Waals surface area (Å²) >= 11 is 0.